The Kier molecular flexibility index (Phi) is 5.63. The van der Waals surface area contributed by atoms with Crippen molar-refractivity contribution in [1.82, 2.24) is 10.3 Å². The standard InChI is InChI=1S/C17H18F2N4O2/c1-10(13-6-4-11(18)8-14(13)19)21-16(24)17(25)22-12-5-7-15(20-9-12)23(2)3/h4-10H,1-3H3,(H,21,24)(H,22,25). The van der Waals surface area contributed by atoms with Crippen molar-refractivity contribution in [2.45, 2.75) is 13.0 Å². The first-order valence-electron chi connectivity index (χ1n) is 7.48. The normalized spacial score (nSPS) is 11.6. The molecule has 6 nitrogen and oxygen atoms in total. The molecule has 25 heavy (non-hydrogen) atoms. The van der Waals surface area contributed by atoms with E-state index in [0.717, 1.165) is 12.1 Å². The molecule has 0 saturated heterocycles. The van der Waals surface area contributed by atoms with Gasteiger partial charge in [-0.2, -0.15) is 0 Å². The topological polar surface area (TPSA) is 74.3 Å². The van der Waals surface area contributed by atoms with Gasteiger partial charge in [0.25, 0.3) is 0 Å². The van der Waals surface area contributed by atoms with Crippen LogP contribution in [-0.4, -0.2) is 30.9 Å². The van der Waals surface area contributed by atoms with E-state index >= 15 is 0 Å². The smallest absolute Gasteiger partial charge is 0.313 e. The van der Waals surface area contributed by atoms with Crippen molar-refractivity contribution in [3.05, 3.63) is 53.7 Å². The predicted octanol–water partition coefficient (Wildman–Crippen LogP) is 2.24. The maximum atomic E-state index is 13.7. The van der Waals surface area contributed by atoms with E-state index in [1.54, 1.807) is 17.0 Å². The summed E-state index contributed by atoms with van der Waals surface area (Å²) in [4.78, 5) is 29.8. The van der Waals surface area contributed by atoms with Gasteiger partial charge in [-0.05, 0) is 25.1 Å². The first-order chi connectivity index (χ1) is 11.8. The van der Waals surface area contributed by atoms with E-state index in [4.69, 9.17) is 0 Å². The summed E-state index contributed by atoms with van der Waals surface area (Å²) < 4.78 is 26.6. The van der Waals surface area contributed by atoms with Gasteiger partial charge < -0.3 is 15.5 Å². The SMILES string of the molecule is CC(NC(=O)C(=O)Nc1ccc(N(C)C)nc1)c1ccc(F)cc1F. The highest BCUT2D eigenvalue weighted by Crippen LogP contribution is 2.17. The molecule has 0 spiro atoms. The van der Waals surface area contributed by atoms with Gasteiger partial charge >= 0.3 is 11.8 Å². The lowest BCUT2D eigenvalue weighted by Crippen LogP contribution is -2.37. The molecule has 1 atom stereocenters. The second kappa shape index (κ2) is 7.69. The summed E-state index contributed by atoms with van der Waals surface area (Å²) in [5, 5.41) is 4.77. The predicted molar refractivity (Wildman–Crippen MR) is 90.1 cm³/mol. The number of aromatic nitrogens is 1. The Morgan fingerprint density at radius 3 is 2.40 bits per heavy atom. The third kappa shape index (κ3) is 4.72. The number of hydrogen-bond donors (Lipinski definition) is 2. The van der Waals surface area contributed by atoms with Gasteiger partial charge in [0.05, 0.1) is 17.9 Å². The summed E-state index contributed by atoms with van der Waals surface area (Å²) in [5.74, 6) is -2.66. The van der Waals surface area contributed by atoms with Crippen molar-refractivity contribution in [3.8, 4) is 0 Å². The van der Waals surface area contributed by atoms with Gasteiger partial charge in [-0.15, -0.1) is 0 Å². The number of amides is 2. The van der Waals surface area contributed by atoms with Crippen LogP contribution in [0.15, 0.2) is 36.5 Å². The molecule has 8 heteroatoms. The molecule has 1 unspecified atom stereocenters. The van der Waals surface area contributed by atoms with Gasteiger partial charge in [-0.3, -0.25) is 9.59 Å². The summed E-state index contributed by atoms with van der Waals surface area (Å²) in [6, 6.07) is 5.51. The molecule has 2 aromatic rings. The quantitative estimate of drug-likeness (QED) is 0.831. The molecule has 0 aliphatic heterocycles. The minimum atomic E-state index is -0.937. The zero-order chi connectivity index (χ0) is 18.6. The zero-order valence-corrected chi connectivity index (χ0v) is 14.0. The molecular weight excluding hydrogens is 330 g/mol. The van der Waals surface area contributed by atoms with Crippen LogP contribution >= 0.6 is 0 Å². The number of pyridine rings is 1. The van der Waals surface area contributed by atoms with Gasteiger partial charge in [0.15, 0.2) is 0 Å². The number of nitrogens with one attached hydrogen (secondary N) is 2. The van der Waals surface area contributed by atoms with Gasteiger partial charge in [0.1, 0.15) is 17.5 Å². The van der Waals surface area contributed by atoms with Crippen molar-refractivity contribution in [2.75, 3.05) is 24.3 Å². The molecule has 0 bridgehead atoms. The average molecular weight is 348 g/mol. The fourth-order valence-electron chi connectivity index (χ4n) is 2.11. The molecule has 0 fully saturated rings. The molecule has 0 radical (unpaired) electrons. The lowest BCUT2D eigenvalue weighted by Gasteiger charge is -2.15. The van der Waals surface area contributed by atoms with Gasteiger partial charge in [-0.25, -0.2) is 13.8 Å². The van der Waals surface area contributed by atoms with Gasteiger partial charge in [0.2, 0.25) is 0 Å². The summed E-state index contributed by atoms with van der Waals surface area (Å²) in [6.45, 7) is 1.49. The number of nitrogens with zero attached hydrogens (tertiary/aromatic N) is 2. The molecule has 0 saturated carbocycles. The van der Waals surface area contributed by atoms with Crippen LogP contribution in [0.1, 0.15) is 18.5 Å². The molecule has 132 valence electrons. The van der Waals surface area contributed by atoms with Crippen molar-refractivity contribution in [3.63, 3.8) is 0 Å². The molecule has 0 aliphatic rings. The molecule has 2 N–H and O–H groups in total. The third-order valence-corrected chi connectivity index (χ3v) is 3.45. The minimum absolute atomic E-state index is 0.0829. The van der Waals surface area contributed by atoms with E-state index in [-0.39, 0.29) is 5.56 Å². The van der Waals surface area contributed by atoms with Crippen LogP contribution in [0.25, 0.3) is 0 Å². The lowest BCUT2D eigenvalue weighted by atomic mass is 10.1. The number of rotatable bonds is 4. The van der Waals surface area contributed by atoms with E-state index in [1.807, 2.05) is 14.1 Å². The highest BCUT2D eigenvalue weighted by atomic mass is 19.1. The van der Waals surface area contributed by atoms with Crippen LogP contribution in [0.3, 0.4) is 0 Å². The molecule has 0 aliphatic carbocycles. The van der Waals surface area contributed by atoms with Gasteiger partial charge in [0, 0.05) is 25.7 Å². The van der Waals surface area contributed by atoms with Gasteiger partial charge in [-0.1, -0.05) is 6.07 Å². The molecular formula is C17H18F2N4O2. The second-order valence-corrected chi connectivity index (χ2v) is 5.61. The number of benzene rings is 1. The first kappa shape index (κ1) is 18.3. The van der Waals surface area contributed by atoms with Crippen molar-refractivity contribution < 1.29 is 18.4 Å². The molecule has 1 aromatic carbocycles. The van der Waals surface area contributed by atoms with Crippen LogP contribution in [0.5, 0.6) is 0 Å². The lowest BCUT2D eigenvalue weighted by molar-refractivity contribution is -0.136. The Bertz CT molecular complexity index is 779. The second-order valence-electron chi connectivity index (χ2n) is 5.61. The largest absolute Gasteiger partial charge is 0.363 e. The summed E-state index contributed by atoms with van der Waals surface area (Å²) in [5.41, 5.74) is 0.436. The Labute approximate surface area is 143 Å². The van der Waals surface area contributed by atoms with E-state index < -0.39 is 29.5 Å². The highest BCUT2D eigenvalue weighted by molar-refractivity contribution is 6.39. The molecule has 1 aromatic heterocycles. The van der Waals surface area contributed by atoms with Crippen LogP contribution < -0.4 is 15.5 Å². The maximum Gasteiger partial charge on any atom is 0.313 e. The summed E-state index contributed by atoms with van der Waals surface area (Å²) in [7, 11) is 3.65. The number of hydrogen-bond acceptors (Lipinski definition) is 4. The number of halogens is 2. The third-order valence-electron chi connectivity index (χ3n) is 3.45. The Morgan fingerprint density at radius 1 is 1.12 bits per heavy atom. The molecule has 1 heterocycles. The number of anilines is 2. The Morgan fingerprint density at radius 2 is 1.84 bits per heavy atom. The maximum absolute atomic E-state index is 13.7. The monoisotopic (exact) mass is 348 g/mol. The zero-order valence-electron chi connectivity index (χ0n) is 14.0. The van der Waals surface area contributed by atoms with Crippen molar-refractivity contribution >= 4 is 23.3 Å². The first-order valence-corrected chi connectivity index (χ1v) is 7.48. The average Bonchev–Trinajstić information content (AvgIpc) is 2.55. The summed E-state index contributed by atoms with van der Waals surface area (Å²) in [6.07, 6.45) is 1.42. The number of carbonyl (C=O) groups excluding carboxylic acids is 2. The van der Waals surface area contributed by atoms with E-state index in [9.17, 15) is 18.4 Å². The summed E-state index contributed by atoms with van der Waals surface area (Å²) >= 11 is 0. The van der Waals surface area contributed by atoms with Crippen LogP contribution in [0.2, 0.25) is 0 Å². The van der Waals surface area contributed by atoms with Crippen LogP contribution in [-0.2, 0) is 9.59 Å². The van der Waals surface area contributed by atoms with E-state index in [1.165, 1.54) is 19.2 Å². The van der Waals surface area contributed by atoms with Crippen molar-refractivity contribution in [2.24, 2.45) is 0 Å². The van der Waals surface area contributed by atoms with Crippen LogP contribution in [0, 0.1) is 11.6 Å². The Hall–Kier alpha value is -3.03. The van der Waals surface area contributed by atoms with Crippen molar-refractivity contribution in [1.29, 1.82) is 0 Å². The fraction of sp³-hybridized carbons (Fsp3) is 0.235. The minimum Gasteiger partial charge on any atom is -0.363 e. The Balaban J connectivity index is 1.98. The van der Waals surface area contributed by atoms with Crippen LogP contribution in [0.4, 0.5) is 20.3 Å². The highest BCUT2D eigenvalue weighted by Gasteiger charge is 2.19. The van der Waals surface area contributed by atoms with E-state index in [0.29, 0.717) is 11.5 Å². The molecule has 2 rings (SSSR count). The number of carbonyl (C=O) groups is 2. The molecule has 2 amide bonds. The van der Waals surface area contributed by atoms with E-state index in [2.05, 4.69) is 15.6 Å². The fourth-order valence-corrected chi connectivity index (χ4v) is 2.11.